The molecule has 9 heteroatoms. The van der Waals surface area contributed by atoms with Gasteiger partial charge in [0.2, 0.25) is 5.91 Å². The third-order valence-electron chi connectivity index (χ3n) is 6.52. The molecule has 7 nitrogen and oxygen atoms in total. The molecule has 0 atom stereocenters. The molecule has 0 aliphatic carbocycles. The van der Waals surface area contributed by atoms with Gasteiger partial charge in [0.25, 0.3) is 5.56 Å². The molecule has 0 spiro atoms. The van der Waals surface area contributed by atoms with E-state index in [1.54, 1.807) is 30.5 Å². The van der Waals surface area contributed by atoms with Gasteiger partial charge >= 0.3 is 0 Å². The first-order valence-corrected chi connectivity index (χ1v) is 11.8. The fourth-order valence-electron chi connectivity index (χ4n) is 4.55. The van der Waals surface area contributed by atoms with Crippen LogP contribution < -0.4 is 10.9 Å². The van der Waals surface area contributed by atoms with Gasteiger partial charge in [0, 0.05) is 36.2 Å². The number of anilines is 1. The first kappa shape index (κ1) is 23.7. The van der Waals surface area contributed by atoms with Crippen molar-refractivity contribution in [2.75, 3.05) is 18.4 Å². The third-order valence-corrected chi connectivity index (χ3v) is 6.52. The van der Waals surface area contributed by atoms with E-state index >= 15 is 0 Å². The van der Waals surface area contributed by atoms with Gasteiger partial charge in [-0.2, -0.15) is 5.10 Å². The number of nitrogens with zero attached hydrogens (tertiary/aromatic N) is 4. The summed E-state index contributed by atoms with van der Waals surface area (Å²) in [6.45, 7) is 3.40. The summed E-state index contributed by atoms with van der Waals surface area (Å²) in [5.41, 5.74) is 1.55. The molecule has 0 saturated carbocycles. The molecule has 4 aromatic rings. The van der Waals surface area contributed by atoms with E-state index < -0.39 is 11.6 Å². The van der Waals surface area contributed by atoms with Crippen molar-refractivity contribution in [3.63, 3.8) is 0 Å². The summed E-state index contributed by atoms with van der Waals surface area (Å²) in [5.74, 6) is -1.59. The summed E-state index contributed by atoms with van der Waals surface area (Å²) in [5, 5.41) is 8.45. The van der Waals surface area contributed by atoms with Crippen molar-refractivity contribution in [3.8, 4) is 11.3 Å². The Morgan fingerprint density at radius 2 is 1.78 bits per heavy atom. The molecule has 184 valence electrons. The maximum atomic E-state index is 14.0. The summed E-state index contributed by atoms with van der Waals surface area (Å²) >= 11 is 0. The number of halogens is 2. The minimum atomic E-state index is -0.975. The van der Waals surface area contributed by atoms with Crippen LogP contribution in [0.15, 0.2) is 65.6 Å². The predicted octanol–water partition coefficient (Wildman–Crippen LogP) is 4.35. The molecule has 1 amide bonds. The second-order valence-corrected chi connectivity index (χ2v) is 9.07. The van der Waals surface area contributed by atoms with Gasteiger partial charge < -0.3 is 5.32 Å². The highest BCUT2D eigenvalue weighted by molar-refractivity contribution is 5.93. The molecule has 1 aliphatic heterocycles. The van der Waals surface area contributed by atoms with Gasteiger partial charge in [0.05, 0.1) is 17.7 Å². The highest BCUT2D eigenvalue weighted by Crippen LogP contribution is 2.26. The lowest BCUT2D eigenvalue weighted by molar-refractivity contribution is -0.121. The second-order valence-electron chi connectivity index (χ2n) is 9.07. The minimum Gasteiger partial charge on any atom is -0.310 e. The number of benzene rings is 2. The van der Waals surface area contributed by atoms with Crippen molar-refractivity contribution in [2.45, 2.75) is 26.4 Å². The average Bonchev–Trinajstić information content (AvgIpc) is 2.88. The largest absolute Gasteiger partial charge is 0.310 e. The van der Waals surface area contributed by atoms with E-state index in [4.69, 9.17) is 0 Å². The number of piperidine rings is 1. The van der Waals surface area contributed by atoms with Crippen molar-refractivity contribution in [3.05, 3.63) is 88.3 Å². The Balaban J connectivity index is 1.34. The van der Waals surface area contributed by atoms with Crippen molar-refractivity contribution >= 4 is 22.5 Å². The van der Waals surface area contributed by atoms with Crippen LogP contribution in [0.1, 0.15) is 18.4 Å². The second kappa shape index (κ2) is 9.94. The molecular formula is C27H25F2N5O2. The van der Waals surface area contributed by atoms with Crippen molar-refractivity contribution in [1.82, 2.24) is 19.7 Å². The lowest BCUT2D eigenvalue weighted by atomic mass is 9.96. The van der Waals surface area contributed by atoms with Crippen LogP contribution in [0.5, 0.6) is 0 Å². The molecule has 0 radical (unpaired) electrons. The normalized spacial score (nSPS) is 14.8. The number of fused-ring (bicyclic) bond motifs is 1. The zero-order chi connectivity index (χ0) is 25.2. The molecule has 1 fully saturated rings. The number of carbonyl (C=O) groups is 1. The SMILES string of the molecule is Cc1ccnc(NC(=O)C2CCN(Cn3nc(-c4ccc(F)c(F)c4)c4ccccc4c3=O)CC2)c1. The molecule has 0 unspecified atom stereocenters. The number of likely N-dealkylation sites (tertiary alicyclic amines) is 1. The number of aryl methyl sites for hydroxylation is 1. The summed E-state index contributed by atoms with van der Waals surface area (Å²) in [6.07, 6.45) is 2.93. The smallest absolute Gasteiger partial charge is 0.275 e. The van der Waals surface area contributed by atoms with Crippen molar-refractivity contribution < 1.29 is 13.6 Å². The van der Waals surface area contributed by atoms with Gasteiger partial charge in [-0.25, -0.2) is 18.4 Å². The quantitative estimate of drug-likeness (QED) is 0.451. The van der Waals surface area contributed by atoms with E-state index in [1.807, 2.05) is 19.1 Å². The molecule has 3 heterocycles. The zero-order valence-corrected chi connectivity index (χ0v) is 19.7. The molecular weight excluding hydrogens is 464 g/mol. The molecule has 5 rings (SSSR count). The maximum absolute atomic E-state index is 14.0. The number of pyridine rings is 1. The number of hydrogen-bond acceptors (Lipinski definition) is 5. The summed E-state index contributed by atoms with van der Waals surface area (Å²) in [7, 11) is 0. The van der Waals surface area contributed by atoms with Crippen LogP contribution in [0.4, 0.5) is 14.6 Å². The van der Waals surface area contributed by atoms with E-state index in [2.05, 4.69) is 20.3 Å². The lowest BCUT2D eigenvalue weighted by Gasteiger charge is -2.31. The van der Waals surface area contributed by atoms with E-state index in [0.717, 1.165) is 17.7 Å². The Kier molecular flexibility index (Phi) is 6.56. The minimum absolute atomic E-state index is 0.0608. The Morgan fingerprint density at radius 1 is 1.03 bits per heavy atom. The number of amides is 1. The molecule has 1 saturated heterocycles. The highest BCUT2D eigenvalue weighted by atomic mass is 19.2. The first-order valence-electron chi connectivity index (χ1n) is 11.8. The Bertz CT molecular complexity index is 1500. The number of rotatable bonds is 5. The summed E-state index contributed by atoms with van der Waals surface area (Å²) < 4.78 is 28.8. The van der Waals surface area contributed by atoms with Crippen LogP contribution in [0.3, 0.4) is 0 Å². The van der Waals surface area contributed by atoms with Crippen molar-refractivity contribution in [2.24, 2.45) is 5.92 Å². The lowest BCUT2D eigenvalue weighted by Crippen LogP contribution is -2.41. The van der Waals surface area contributed by atoms with Gasteiger partial charge in [0.1, 0.15) is 5.82 Å². The molecule has 36 heavy (non-hydrogen) atoms. The van der Waals surface area contributed by atoms with Crippen LogP contribution in [0.2, 0.25) is 0 Å². The number of aromatic nitrogens is 3. The fourth-order valence-corrected chi connectivity index (χ4v) is 4.55. The standard InChI is InChI=1S/C27H25F2N5O2/c1-17-8-11-30-24(14-17)31-26(35)18-9-12-33(13-10-18)16-34-27(36)21-5-3-2-4-20(21)25(32-34)19-6-7-22(28)23(29)15-19/h2-8,11,14-15,18H,9-10,12-13,16H2,1H3,(H,30,31,35). The maximum Gasteiger partial charge on any atom is 0.275 e. The van der Waals surface area contributed by atoms with Crippen LogP contribution in [-0.2, 0) is 11.5 Å². The Hall–Kier alpha value is -3.98. The molecule has 0 bridgehead atoms. The summed E-state index contributed by atoms with van der Waals surface area (Å²) in [6, 6.07) is 14.3. The number of hydrogen-bond donors (Lipinski definition) is 1. The molecule has 2 aromatic heterocycles. The van der Waals surface area contributed by atoms with E-state index in [1.165, 1.54) is 10.7 Å². The van der Waals surface area contributed by atoms with E-state index in [-0.39, 0.29) is 24.1 Å². The van der Waals surface area contributed by atoms with Gasteiger partial charge in [-0.15, -0.1) is 0 Å². The monoisotopic (exact) mass is 489 g/mol. The van der Waals surface area contributed by atoms with Gasteiger partial charge in [-0.3, -0.25) is 14.5 Å². The highest BCUT2D eigenvalue weighted by Gasteiger charge is 2.26. The Labute approximate surface area is 206 Å². The average molecular weight is 490 g/mol. The molecule has 2 aromatic carbocycles. The van der Waals surface area contributed by atoms with Gasteiger partial charge in [-0.1, -0.05) is 18.2 Å². The van der Waals surface area contributed by atoms with Gasteiger partial charge in [-0.05, 0) is 61.7 Å². The van der Waals surface area contributed by atoms with Gasteiger partial charge in [0.15, 0.2) is 11.6 Å². The van der Waals surface area contributed by atoms with E-state index in [9.17, 15) is 18.4 Å². The third kappa shape index (κ3) is 4.87. The fraction of sp³-hybridized carbons (Fsp3) is 0.259. The van der Waals surface area contributed by atoms with E-state index in [0.29, 0.717) is 53.8 Å². The van der Waals surface area contributed by atoms with Crippen LogP contribution in [0.25, 0.3) is 22.0 Å². The van der Waals surface area contributed by atoms with Crippen LogP contribution in [0, 0.1) is 24.5 Å². The van der Waals surface area contributed by atoms with Crippen molar-refractivity contribution in [1.29, 1.82) is 0 Å². The topological polar surface area (TPSA) is 80.1 Å². The number of carbonyl (C=O) groups excluding carboxylic acids is 1. The zero-order valence-electron chi connectivity index (χ0n) is 19.7. The van der Waals surface area contributed by atoms with Crippen LogP contribution in [-0.4, -0.2) is 38.7 Å². The first-order chi connectivity index (χ1) is 17.4. The Morgan fingerprint density at radius 3 is 2.50 bits per heavy atom. The molecule has 1 aliphatic rings. The summed E-state index contributed by atoms with van der Waals surface area (Å²) in [4.78, 5) is 32.1. The van der Waals surface area contributed by atoms with Crippen LogP contribution >= 0.6 is 0 Å². The predicted molar refractivity (Wildman–Crippen MR) is 133 cm³/mol. The molecule has 1 N–H and O–H groups in total. The number of nitrogens with one attached hydrogen (secondary N) is 1.